The van der Waals surface area contributed by atoms with E-state index in [9.17, 15) is 27.0 Å². The summed E-state index contributed by atoms with van der Waals surface area (Å²) in [6.07, 6.45) is -2.77. The molecule has 0 spiro atoms. The van der Waals surface area contributed by atoms with Crippen LogP contribution in [0, 0.1) is 0 Å². The molecule has 1 unspecified atom stereocenters. The van der Waals surface area contributed by atoms with Crippen molar-refractivity contribution in [1.29, 1.82) is 0 Å². The summed E-state index contributed by atoms with van der Waals surface area (Å²) in [5.74, 6) is -0.655. The number of esters is 1. The predicted octanol–water partition coefficient (Wildman–Crippen LogP) is 7.76. The lowest BCUT2D eigenvalue weighted by molar-refractivity contribution is -0.137. The van der Waals surface area contributed by atoms with Crippen LogP contribution in [-0.2, 0) is 33.1 Å². The molecule has 6 nitrogen and oxygen atoms in total. The highest BCUT2D eigenvalue weighted by Gasteiger charge is 2.36. The Bertz CT molecular complexity index is 1640. The predicted molar refractivity (Wildman–Crippen MR) is 158 cm³/mol. The molecule has 0 aliphatic carbocycles. The number of halogens is 3. The highest BCUT2D eigenvalue weighted by Crippen LogP contribution is 2.33. The molecule has 43 heavy (non-hydrogen) atoms. The number of carbonyl (C=O) groups is 2. The first-order valence-electron chi connectivity index (χ1n) is 14.0. The van der Waals surface area contributed by atoms with E-state index in [1.165, 1.54) is 12.1 Å². The molecule has 1 aliphatic heterocycles. The van der Waals surface area contributed by atoms with Crippen molar-refractivity contribution < 1.29 is 36.1 Å². The summed E-state index contributed by atoms with van der Waals surface area (Å²) in [7, 11) is -1.64. The Labute approximate surface area is 250 Å². The van der Waals surface area contributed by atoms with Gasteiger partial charge in [0.05, 0.1) is 17.2 Å². The number of hydrogen-bond donors (Lipinski definition) is 0. The van der Waals surface area contributed by atoms with Gasteiger partial charge >= 0.3 is 12.1 Å². The van der Waals surface area contributed by atoms with Crippen molar-refractivity contribution in [3.8, 4) is 11.1 Å². The molecule has 0 saturated carbocycles. The summed E-state index contributed by atoms with van der Waals surface area (Å²) in [6.45, 7) is 5.72. The van der Waals surface area contributed by atoms with Crippen LogP contribution in [0.25, 0.3) is 22.1 Å². The van der Waals surface area contributed by atoms with Gasteiger partial charge in [-0.15, -0.1) is 0 Å². The smallest absolute Gasteiger partial charge is 0.416 e. The maximum Gasteiger partial charge on any atom is 0.416 e. The molecular weight excluding hydrogens is 579 g/mol. The normalized spacial score (nSPS) is 16.8. The van der Waals surface area contributed by atoms with Gasteiger partial charge in [-0.3, -0.25) is 4.79 Å². The molecule has 5 rings (SSSR count). The molecule has 2 heterocycles. The first-order valence-corrected chi connectivity index (χ1v) is 15.1. The molecular formula is C33H32F3NO5S. The van der Waals surface area contributed by atoms with E-state index in [4.69, 9.17) is 9.15 Å². The fraction of sp³-hybridized carbons (Fsp3) is 0.333. The second kappa shape index (κ2) is 12.1. The fourth-order valence-electron chi connectivity index (χ4n) is 5.16. The second-order valence-electron chi connectivity index (χ2n) is 11.6. The van der Waals surface area contributed by atoms with Gasteiger partial charge < -0.3 is 9.15 Å². The highest BCUT2D eigenvalue weighted by atomic mass is 32.2. The van der Waals surface area contributed by atoms with Crippen molar-refractivity contribution in [3.63, 3.8) is 0 Å². The molecule has 3 aromatic carbocycles. The Hall–Kier alpha value is -3.76. The largest absolute Gasteiger partial charge is 0.456 e. The van der Waals surface area contributed by atoms with E-state index in [2.05, 4.69) is 0 Å². The number of furan rings is 1. The molecule has 0 radical (unpaired) electrons. The molecule has 1 aliphatic rings. The van der Waals surface area contributed by atoms with Crippen LogP contribution in [0.5, 0.6) is 0 Å². The molecule has 0 bridgehead atoms. The minimum Gasteiger partial charge on any atom is -0.456 e. The quantitative estimate of drug-likeness (QED) is 0.190. The highest BCUT2D eigenvalue weighted by molar-refractivity contribution is 7.82. The molecule has 4 aromatic rings. The van der Waals surface area contributed by atoms with Crippen LogP contribution in [0.3, 0.4) is 0 Å². The minimum atomic E-state index is -4.47. The van der Waals surface area contributed by atoms with Crippen LogP contribution in [0.1, 0.15) is 61.5 Å². The lowest BCUT2D eigenvalue weighted by Gasteiger charge is -2.21. The van der Waals surface area contributed by atoms with Gasteiger partial charge in [0, 0.05) is 24.4 Å². The van der Waals surface area contributed by atoms with Crippen molar-refractivity contribution in [3.05, 3.63) is 89.5 Å². The number of hydrogen-bond acceptors (Lipinski definition) is 5. The molecule has 0 amide bonds. The third kappa shape index (κ3) is 7.25. The summed E-state index contributed by atoms with van der Waals surface area (Å²) in [6, 6.07) is 18.3. The monoisotopic (exact) mass is 611 g/mol. The third-order valence-electron chi connectivity index (χ3n) is 7.20. The summed E-state index contributed by atoms with van der Waals surface area (Å²) < 4.78 is 65.8. The number of alkyl halides is 3. The van der Waals surface area contributed by atoms with Crippen molar-refractivity contribution >= 4 is 33.7 Å². The van der Waals surface area contributed by atoms with Crippen molar-refractivity contribution in [1.82, 2.24) is 4.31 Å². The van der Waals surface area contributed by atoms with Gasteiger partial charge in [0.2, 0.25) is 5.09 Å². The third-order valence-corrected chi connectivity index (χ3v) is 8.60. The summed E-state index contributed by atoms with van der Waals surface area (Å²) in [5.41, 5.74) is 1.03. The Balaban J connectivity index is 1.36. The van der Waals surface area contributed by atoms with Gasteiger partial charge in [-0.2, -0.15) is 13.2 Å². The average Bonchev–Trinajstić information content (AvgIpc) is 3.62. The second-order valence-corrected chi connectivity index (χ2v) is 13.0. The van der Waals surface area contributed by atoms with Gasteiger partial charge in [0.15, 0.2) is 16.8 Å². The topological polar surface area (TPSA) is 76.8 Å². The molecule has 1 fully saturated rings. The van der Waals surface area contributed by atoms with Gasteiger partial charge in [0.1, 0.15) is 11.2 Å². The molecule has 1 saturated heterocycles. The molecule has 226 valence electrons. The lowest BCUT2D eigenvalue weighted by Crippen LogP contribution is -2.37. The number of para-hydroxylation sites is 1. The van der Waals surface area contributed by atoms with Crippen LogP contribution in [0.15, 0.2) is 82.3 Å². The van der Waals surface area contributed by atoms with Crippen LogP contribution in [0.4, 0.5) is 13.2 Å². The lowest BCUT2D eigenvalue weighted by atomic mass is 9.95. The van der Waals surface area contributed by atoms with E-state index in [1.807, 2.05) is 18.2 Å². The number of nitrogens with zero attached hydrogens (tertiary/aromatic N) is 1. The number of ketones is 1. The summed E-state index contributed by atoms with van der Waals surface area (Å²) in [5, 5.41) is 1.13. The van der Waals surface area contributed by atoms with E-state index in [1.54, 1.807) is 55.4 Å². The van der Waals surface area contributed by atoms with Gasteiger partial charge in [0.25, 0.3) is 0 Å². The first-order chi connectivity index (χ1) is 20.3. The van der Waals surface area contributed by atoms with Gasteiger partial charge in [-0.25, -0.2) is 13.3 Å². The molecule has 10 heteroatoms. The molecule has 0 N–H and O–H groups in total. The molecule has 1 aromatic heterocycles. The first kappa shape index (κ1) is 30.7. The van der Waals surface area contributed by atoms with E-state index >= 15 is 0 Å². The minimum absolute atomic E-state index is 0.0827. The van der Waals surface area contributed by atoms with Crippen LogP contribution < -0.4 is 0 Å². The van der Waals surface area contributed by atoms with Crippen LogP contribution in [0.2, 0.25) is 0 Å². The van der Waals surface area contributed by atoms with E-state index in [0.717, 1.165) is 17.5 Å². The zero-order chi connectivity index (χ0) is 30.9. The van der Waals surface area contributed by atoms with E-state index in [-0.39, 0.29) is 24.2 Å². The maximum absolute atomic E-state index is 13.4. The van der Waals surface area contributed by atoms with Crippen LogP contribution in [-0.4, -0.2) is 38.5 Å². The number of carbonyl (C=O) groups excluding carboxylic acids is 2. The number of fused-ring (bicyclic) bond motifs is 1. The Morgan fingerprint density at radius 2 is 1.70 bits per heavy atom. The van der Waals surface area contributed by atoms with Gasteiger partial charge in [-0.05, 0) is 87.1 Å². The number of Topliss-reactive ketones (excluding diaryl/α,β-unsaturated/α-hetero) is 1. The number of rotatable bonds is 8. The van der Waals surface area contributed by atoms with Crippen molar-refractivity contribution in [2.75, 3.05) is 6.54 Å². The fourth-order valence-corrected chi connectivity index (χ4v) is 6.53. The standard InChI is InChI=1S/C33H32F3NO5S/c1-32(2,3)42-31(39)25-18-21(17-24(19-25)22-11-13-26(14-12-22)33(34,35)36)10-15-28(38)27-8-6-16-37(27)43(40)30-20-23-7-4-5-9-29(23)41-30/h4-5,7,9,11-14,17-20,27H,6,8,10,15-16H2,1-3H3/t27-,43?/m0/s1. The van der Waals surface area contributed by atoms with Gasteiger partial charge in [-0.1, -0.05) is 36.4 Å². The average molecular weight is 612 g/mol. The Morgan fingerprint density at radius 3 is 2.37 bits per heavy atom. The van der Waals surface area contributed by atoms with Crippen LogP contribution >= 0.6 is 0 Å². The summed E-state index contributed by atoms with van der Waals surface area (Å²) >= 11 is 0. The SMILES string of the molecule is CC(C)(C)OC(=O)c1cc(CCC(=O)[C@@H]2CCCN2S(=O)c2cc3ccccc3o2)cc(-c2ccc(C(F)(F)F)cc2)c1. The Morgan fingerprint density at radius 1 is 0.977 bits per heavy atom. The van der Waals surface area contributed by atoms with Crippen molar-refractivity contribution in [2.45, 2.75) is 69.4 Å². The van der Waals surface area contributed by atoms with E-state index < -0.39 is 40.3 Å². The number of aryl methyl sites for hydroxylation is 1. The van der Waals surface area contributed by atoms with E-state index in [0.29, 0.717) is 46.8 Å². The number of benzene rings is 3. The zero-order valence-electron chi connectivity index (χ0n) is 24.1. The van der Waals surface area contributed by atoms with Crippen molar-refractivity contribution in [2.24, 2.45) is 0 Å². The summed E-state index contributed by atoms with van der Waals surface area (Å²) in [4.78, 5) is 26.4. The number of ether oxygens (including phenoxy) is 1. The maximum atomic E-state index is 13.4. The zero-order valence-corrected chi connectivity index (χ0v) is 24.9. The Kier molecular flexibility index (Phi) is 8.63. The molecule has 2 atom stereocenters.